The van der Waals surface area contributed by atoms with E-state index in [1.165, 1.54) is 10.4 Å². The molecule has 23 heavy (non-hydrogen) atoms. The Kier molecular flexibility index (Phi) is 5.20. The van der Waals surface area contributed by atoms with Gasteiger partial charge in [-0.15, -0.1) is 11.3 Å². The van der Waals surface area contributed by atoms with Crippen molar-refractivity contribution in [2.24, 2.45) is 0 Å². The highest BCUT2D eigenvalue weighted by Crippen LogP contribution is 2.17. The van der Waals surface area contributed by atoms with Crippen molar-refractivity contribution in [2.75, 3.05) is 0 Å². The zero-order valence-electron chi connectivity index (χ0n) is 12.3. The normalized spacial score (nSPS) is 10.5. The van der Waals surface area contributed by atoms with Gasteiger partial charge in [0.25, 0.3) is 5.91 Å². The minimum absolute atomic E-state index is 0.0916. The fourth-order valence-electron chi connectivity index (χ4n) is 2.20. The maximum absolute atomic E-state index is 12.1. The second kappa shape index (κ2) is 7.53. The summed E-state index contributed by atoms with van der Waals surface area (Å²) in [5, 5.41) is 3.82. The van der Waals surface area contributed by atoms with Gasteiger partial charge in [0.2, 0.25) is 0 Å². The van der Waals surface area contributed by atoms with E-state index >= 15 is 0 Å². The van der Waals surface area contributed by atoms with Gasteiger partial charge in [0.05, 0.1) is 6.54 Å². The van der Waals surface area contributed by atoms with Crippen molar-refractivity contribution in [1.29, 1.82) is 0 Å². The molecule has 0 radical (unpaired) electrons. The van der Waals surface area contributed by atoms with Crippen LogP contribution < -0.4 is 5.32 Å². The number of benzene rings is 2. The number of carbonyl (C=O) groups is 1. The van der Waals surface area contributed by atoms with Crippen LogP contribution in [0.5, 0.6) is 0 Å². The molecular formula is C18H15BrN2OS. The molecule has 3 aromatic rings. The quantitative estimate of drug-likeness (QED) is 0.704. The minimum atomic E-state index is -0.0916. The molecule has 0 aliphatic rings. The maximum atomic E-state index is 12.1. The lowest BCUT2D eigenvalue weighted by Crippen LogP contribution is -2.22. The van der Waals surface area contributed by atoms with Crippen LogP contribution in [0, 0.1) is 0 Å². The van der Waals surface area contributed by atoms with E-state index in [2.05, 4.69) is 38.4 Å². The van der Waals surface area contributed by atoms with Gasteiger partial charge in [0.15, 0.2) is 0 Å². The summed E-state index contributed by atoms with van der Waals surface area (Å²) in [6.45, 7) is 0.449. The van der Waals surface area contributed by atoms with Crippen LogP contribution in [0.3, 0.4) is 0 Å². The van der Waals surface area contributed by atoms with Crippen molar-refractivity contribution in [1.82, 2.24) is 10.3 Å². The van der Waals surface area contributed by atoms with Crippen molar-refractivity contribution in [3.05, 3.63) is 86.3 Å². The Bertz CT molecular complexity index is 802. The van der Waals surface area contributed by atoms with Crippen LogP contribution in [0.1, 0.15) is 25.8 Å². The molecule has 0 fully saturated rings. The minimum Gasteiger partial charge on any atom is -0.346 e. The van der Waals surface area contributed by atoms with E-state index in [4.69, 9.17) is 0 Å². The van der Waals surface area contributed by atoms with Gasteiger partial charge >= 0.3 is 0 Å². The fraction of sp³-hybridized carbons (Fsp3) is 0.111. The third-order valence-electron chi connectivity index (χ3n) is 3.31. The lowest BCUT2D eigenvalue weighted by molar-refractivity contribution is 0.0951. The van der Waals surface area contributed by atoms with E-state index in [0.29, 0.717) is 12.1 Å². The van der Waals surface area contributed by atoms with Crippen LogP contribution in [-0.2, 0) is 13.0 Å². The number of hydrogen-bond donors (Lipinski definition) is 1. The topological polar surface area (TPSA) is 42.0 Å². The van der Waals surface area contributed by atoms with Crippen LogP contribution in [-0.4, -0.2) is 10.9 Å². The van der Waals surface area contributed by atoms with E-state index in [0.717, 1.165) is 15.9 Å². The van der Waals surface area contributed by atoms with Crippen LogP contribution >= 0.6 is 27.3 Å². The Labute approximate surface area is 147 Å². The lowest BCUT2D eigenvalue weighted by Gasteiger charge is -2.03. The van der Waals surface area contributed by atoms with Gasteiger partial charge in [0, 0.05) is 27.5 Å². The molecule has 0 bridgehead atoms. The van der Waals surface area contributed by atoms with Crippen molar-refractivity contribution < 1.29 is 4.79 Å². The number of aromatic nitrogens is 1. The summed E-state index contributed by atoms with van der Waals surface area (Å²) in [5.41, 5.74) is 1.90. The Morgan fingerprint density at radius 3 is 2.74 bits per heavy atom. The smallest absolute Gasteiger partial charge is 0.251 e. The number of rotatable bonds is 5. The molecule has 1 aromatic heterocycles. The predicted octanol–water partition coefficient (Wildman–Crippen LogP) is 4.43. The van der Waals surface area contributed by atoms with Gasteiger partial charge in [-0.3, -0.25) is 4.79 Å². The Hall–Kier alpha value is -1.98. The second-order valence-electron chi connectivity index (χ2n) is 5.08. The average Bonchev–Trinajstić information content (AvgIpc) is 3.01. The number of amides is 1. The van der Waals surface area contributed by atoms with Crippen molar-refractivity contribution in [3.63, 3.8) is 0 Å². The lowest BCUT2D eigenvalue weighted by atomic mass is 10.1. The average molecular weight is 387 g/mol. The zero-order chi connectivity index (χ0) is 16.1. The number of nitrogens with zero attached hydrogens (tertiary/aromatic N) is 1. The molecule has 5 heteroatoms. The summed E-state index contributed by atoms with van der Waals surface area (Å²) in [6, 6.07) is 17.6. The summed E-state index contributed by atoms with van der Waals surface area (Å²) in [4.78, 5) is 17.7. The molecule has 3 nitrogen and oxygen atoms in total. The third kappa shape index (κ3) is 4.50. The highest BCUT2D eigenvalue weighted by atomic mass is 79.9. The van der Waals surface area contributed by atoms with Gasteiger partial charge < -0.3 is 5.32 Å². The van der Waals surface area contributed by atoms with E-state index in [1.54, 1.807) is 23.5 Å². The number of nitrogens with one attached hydrogen (secondary N) is 1. The highest BCUT2D eigenvalue weighted by Gasteiger charge is 2.08. The van der Waals surface area contributed by atoms with Crippen LogP contribution in [0.15, 0.2) is 65.3 Å². The summed E-state index contributed by atoms with van der Waals surface area (Å²) in [6.07, 6.45) is 2.76. The van der Waals surface area contributed by atoms with Gasteiger partial charge in [-0.25, -0.2) is 4.98 Å². The standard InChI is InChI=1S/C18H15BrN2OS/c19-15-8-4-7-14(10-15)18(22)21-12-17-20-11-16(23-17)9-13-5-2-1-3-6-13/h1-8,10-11H,9,12H2,(H,21,22). The SMILES string of the molecule is O=C(NCc1ncc(Cc2ccccc2)s1)c1cccc(Br)c1. The first-order valence-corrected chi connectivity index (χ1v) is 8.83. The van der Waals surface area contributed by atoms with Gasteiger partial charge in [0.1, 0.15) is 5.01 Å². The zero-order valence-corrected chi connectivity index (χ0v) is 14.7. The van der Waals surface area contributed by atoms with E-state index in [1.807, 2.05) is 36.5 Å². The molecule has 0 saturated heterocycles. The maximum Gasteiger partial charge on any atom is 0.251 e. The van der Waals surface area contributed by atoms with E-state index in [-0.39, 0.29) is 5.91 Å². The third-order valence-corrected chi connectivity index (χ3v) is 4.80. The molecule has 0 saturated carbocycles. The Morgan fingerprint density at radius 2 is 1.96 bits per heavy atom. The molecule has 116 valence electrons. The van der Waals surface area contributed by atoms with Gasteiger partial charge in [-0.2, -0.15) is 0 Å². The molecule has 0 atom stereocenters. The molecule has 1 amide bonds. The first-order chi connectivity index (χ1) is 11.2. The summed E-state index contributed by atoms with van der Waals surface area (Å²) < 4.78 is 0.893. The number of halogens is 1. The molecule has 1 heterocycles. The fourth-order valence-corrected chi connectivity index (χ4v) is 3.49. The molecular weight excluding hydrogens is 372 g/mol. The number of thiazole rings is 1. The van der Waals surface area contributed by atoms with Crippen LogP contribution in [0.25, 0.3) is 0 Å². The molecule has 2 aromatic carbocycles. The molecule has 0 spiro atoms. The first kappa shape index (κ1) is 15.9. The molecule has 3 rings (SSSR count). The highest BCUT2D eigenvalue weighted by molar-refractivity contribution is 9.10. The number of hydrogen-bond acceptors (Lipinski definition) is 3. The monoisotopic (exact) mass is 386 g/mol. The molecule has 0 unspecified atom stereocenters. The van der Waals surface area contributed by atoms with E-state index in [9.17, 15) is 4.79 Å². The first-order valence-electron chi connectivity index (χ1n) is 7.22. The predicted molar refractivity (Wildman–Crippen MR) is 96.7 cm³/mol. The Balaban J connectivity index is 1.58. The summed E-state index contributed by atoms with van der Waals surface area (Å²) in [5.74, 6) is -0.0916. The molecule has 0 aliphatic heterocycles. The van der Waals surface area contributed by atoms with Gasteiger partial charge in [-0.1, -0.05) is 52.3 Å². The van der Waals surface area contributed by atoms with Crippen LogP contribution in [0.2, 0.25) is 0 Å². The van der Waals surface area contributed by atoms with Crippen molar-refractivity contribution in [2.45, 2.75) is 13.0 Å². The molecule has 1 N–H and O–H groups in total. The Morgan fingerprint density at radius 1 is 1.13 bits per heavy atom. The van der Waals surface area contributed by atoms with Gasteiger partial charge in [-0.05, 0) is 23.8 Å². The van der Waals surface area contributed by atoms with E-state index < -0.39 is 0 Å². The van der Waals surface area contributed by atoms with Crippen molar-refractivity contribution >= 4 is 33.2 Å². The number of carbonyl (C=O) groups excluding carboxylic acids is 1. The molecule has 0 aliphatic carbocycles. The largest absolute Gasteiger partial charge is 0.346 e. The second-order valence-corrected chi connectivity index (χ2v) is 7.19. The summed E-state index contributed by atoms with van der Waals surface area (Å²) in [7, 11) is 0. The van der Waals surface area contributed by atoms with Crippen molar-refractivity contribution in [3.8, 4) is 0 Å². The van der Waals surface area contributed by atoms with Crippen LogP contribution in [0.4, 0.5) is 0 Å². The summed E-state index contributed by atoms with van der Waals surface area (Å²) >= 11 is 5.00.